The topological polar surface area (TPSA) is 55.2 Å². The molecular formula is C22H27N3O2S. The van der Waals surface area contributed by atoms with Gasteiger partial charge in [-0.2, -0.15) is 9.40 Å². The van der Waals surface area contributed by atoms with E-state index in [0.29, 0.717) is 11.4 Å². The molecule has 148 valence electrons. The molecule has 0 aliphatic rings. The summed E-state index contributed by atoms with van der Waals surface area (Å²) >= 11 is 0. The number of rotatable bonds is 6. The van der Waals surface area contributed by atoms with Gasteiger partial charge in [0.2, 0.25) is 10.0 Å². The van der Waals surface area contributed by atoms with Gasteiger partial charge in [-0.3, -0.25) is 4.68 Å². The summed E-state index contributed by atoms with van der Waals surface area (Å²) < 4.78 is 29.8. The largest absolute Gasteiger partial charge is 0.268 e. The van der Waals surface area contributed by atoms with Crippen LogP contribution in [0.2, 0.25) is 0 Å². The Balaban J connectivity index is 1.83. The van der Waals surface area contributed by atoms with E-state index in [1.165, 1.54) is 4.31 Å². The first-order chi connectivity index (χ1) is 13.2. The minimum Gasteiger partial charge on any atom is -0.268 e. The van der Waals surface area contributed by atoms with Crippen molar-refractivity contribution in [1.82, 2.24) is 14.1 Å². The van der Waals surface area contributed by atoms with E-state index in [2.05, 4.69) is 5.10 Å². The second-order valence-corrected chi connectivity index (χ2v) is 9.36. The maximum atomic E-state index is 13.3. The molecule has 0 amide bonds. The molecule has 1 aromatic heterocycles. The number of benzene rings is 2. The molecule has 5 nitrogen and oxygen atoms in total. The molecule has 2 aromatic carbocycles. The highest BCUT2D eigenvalue weighted by Gasteiger charge is 2.26. The molecule has 0 atom stereocenters. The molecule has 0 saturated heterocycles. The van der Waals surface area contributed by atoms with Crippen LogP contribution in [-0.2, 0) is 23.1 Å². The Morgan fingerprint density at radius 3 is 2.18 bits per heavy atom. The number of nitrogens with zero attached hydrogens (tertiary/aromatic N) is 3. The lowest BCUT2D eigenvalue weighted by molar-refractivity contribution is 0.465. The van der Waals surface area contributed by atoms with E-state index in [-0.39, 0.29) is 6.54 Å². The molecule has 1 heterocycles. The fourth-order valence-corrected chi connectivity index (χ4v) is 5.14. The third-order valence-corrected chi connectivity index (χ3v) is 7.32. The molecule has 0 spiro atoms. The Labute approximate surface area is 167 Å². The fourth-order valence-electron chi connectivity index (χ4n) is 3.41. The summed E-state index contributed by atoms with van der Waals surface area (Å²) in [5.74, 6) is 0. The second-order valence-electron chi connectivity index (χ2n) is 7.38. The predicted octanol–water partition coefficient (Wildman–Crippen LogP) is 3.99. The summed E-state index contributed by atoms with van der Waals surface area (Å²) in [7, 11) is -1.97. The van der Waals surface area contributed by atoms with E-state index in [4.69, 9.17) is 0 Å². The van der Waals surface area contributed by atoms with Crippen LogP contribution in [0.5, 0.6) is 0 Å². The van der Waals surface area contributed by atoms with E-state index >= 15 is 0 Å². The monoisotopic (exact) mass is 397 g/mol. The Bertz CT molecular complexity index is 1060. The van der Waals surface area contributed by atoms with Crippen molar-refractivity contribution < 1.29 is 8.42 Å². The first kappa shape index (κ1) is 20.3. The van der Waals surface area contributed by atoms with Crippen LogP contribution in [0, 0.1) is 27.7 Å². The Kier molecular flexibility index (Phi) is 5.72. The molecule has 0 saturated carbocycles. The van der Waals surface area contributed by atoms with Crippen molar-refractivity contribution in [3.8, 4) is 0 Å². The summed E-state index contributed by atoms with van der Waals surface area (Å²) in [5, 5.41) is 4.38. The number of aryl methyl sites for hydroxylation is 2. The molecule has 0 radical (unpaired) electrons. The van der Waals surface area contributed by atoms with Gasteiger partial charge in [-0.25, -0.2) is 8.42 Å². The van der Waals surface area contributed by atoms with Crippen LogP contribution in [0.3, 0.4) is 0 Å². The van der Waals surface area contributed by atoms with Gasteiger partial charge in [0.05, 0.1) is 17.6 Å². The Hall–Kier alpha value is -2.44. The van der Waals surface area contributed by atoms with E-state index in [0.717, 1.165) is 33.4 Å². The van der Waals surface area contributed by atoms with Crippen molar-refractivity contribution >= 4 is 10.0 Å². The molecule has 0 aliphatic carbocycles. The second kappa shape index (κ2) is 7.89. The van der Waals surface area contributed by atoms with Gasteiger partial charge in [0, 0.05) is 25.4 Å². The Morgan fingerprint density at radius 1 is 0.964 bits per heavy atom. The molecule has 0 aliphatic heterocycles. The van der Waals surface area contributed by atoms with Crippen molar-refractivity contribution in [2.24, 2.45) is 0 Å². The molecule has 0 unspecified atom stereocenters. The quantitative estimate of drug-likeness (QED) is 0.632. The van der Waals surface area contributed by atoms with Gasteiger partial charge in [-0.05, 0) is 55.5 Å². The highest BCUT2D eigenvalue weighted by Crippen LogP contribution is 2.28. The SMILES string of the molecule is Cc1cc(C)c(C)c(S(=O)(=O)N(C)Cc2cnn(Cc3ccccc3)c2)c1C. The van der Waals surface area contributed by atoms with Gasteiger partial charge in [0.15, 0.2) is 0 Å². The van der Waals surface area contributed by atoms with Crippen LogP contribution < -0.4 is 0 Å². The summed E-state index contributed by atoms with van der Waals surface area (Å²) in [6.07, 6.45) is 3.64. The number of hydrogen-bond acceptors (Lipinski definition) is 3. The summed E-state index contributed by atoms with van der Waals surface area (Å²) in [6, 6.07) is 12.1. The van der Waals surface area contributed by atoms with Crippen molar-refractivity contribution in [2.45, 2.75) is 45.7 Å². The van der Waals surface area contributed by atoms with Gasteiger partial charge in [0.25, 0.3) is 0 Å². The maximum absolute atomic E-state index is 13.3. The molecule has 28 heavy (non-hydrogen) atoms. The van der Waals surface area contributed by atoms with Crippen LogP contribution in [-0.4, -0.2) is 29.6 Å². The molecule has 0 fully saturated rings. The maximum Gasteiger partial charge on any atom is 0.243 e. The van der Waals surface area contributed by atoms with Crippen molar-refractivity contribution in [3.05, 3.63) is 82.2 Å². The predicted molar refractivity (Wildman–Crippen MR) is 112 cm³/mol. The van der Waals surface area contributed by atoms with Crippen LogP contribution in [0.1, 0.15) is 33.4 Å². The van der Waals surface area contributed by atoms with Crippen molar-refractivity contribution in [2.75, 3.05) is 7.05 Å². The number of hydrogen-bond donors (Lipinski definition) is 0. The third kappa shape index (κ3) is 4.03. The first-order valence-electron chi connectivity index (χ1n) is 9.29. The van der Waals surface area contributed by atoms with Crippen LogP contribution >= 0.6 is 0 Å². The van der Waals surface area contributed by atoms with Gasteiger partial charge in [-0.1, -0.05) is 36.4 Å². The van der Waals surface area contributed by atoms with Gasteiger partial charge in [-0.15, -0.1) is 0 Å². The number of sulfonamides is 1. The number of aromatic nitrogens is 2. The standard InChI is InChI=1S/C22H27N3O2S/c1-16-11-17(2)19(4)22(18(16)3)28(26,27)24(5)13-21-12-23-25(15-21)14-20-9-7-6-8-10-20/h6-12,15H,13-14H2,1-5H3. The van der Waals surface area contributed by atoms with Crippen LogP contribution in [0.4, 0.5) is 0 Å². The van der Waals surface area contributed by atoms with Crippen molar-refractivity contribution in [1.29, 1.82) is 0 Å². The zero-order valence-corrected chi connectivity index (χ0v) is 17.9. The van der Waals surface area contributed by atoms with Gasteiger partial charge >= 0.3 is 0 Å². The van der Waals surface area contributed by atoms with Gasteiger partial charge < -0.3 is 0 Å². The molecule has 0 N–H and O–H groups in total. The lowest BCUT2D eigenvalue weighted by Crippen LogP contribution is -2.28. The fraction of sp³-hybridized carbons (Fsp3) is 0.318. The minimum atomic E-state index is -3.60. The van der Waals surface area contributed by atoms with Gasteiger partial charge in [0.1, 0.15) is 0 Å². The minimum absolute atomic E-state index is 0.281. The molecule has 0 bridgehead atoms. The lowest BCUT2D eigenvalue weighted by atomic mass is 10.0. The van der Waals surface area contributed by atoms with Crippen LogP contribution in [0.25, 0.3) is 0 Å². The average molecular weight is 398 g/mol. The Morgan fingerprint density at radius 2 is 1.57 bits per heavy atom. The average Bonchev–Trinajstić information content (AvgIpc) is 3.07. The molecule has 3 rings (SSSR count). The van der Waals surface area contributed by atoms with E-state index < -0.39 is 10.0 Å². The highest BCUT2D eigenvalue weighted by molar-refractivity contribution is 7.89. The lowest BCUT2D eigenvalue weighted by Gasteiger charge is -2.21. The third-order valence-electron chi connectivity index (χ3n) is 5.24. The van der Waals surface area contributed by atoms with Crippen molar-refractivity contribution in [3.63, 3.8) is 0 Å². The zero-order chi connectivity index (χ0) is 20.5. The van der Waals surface area contributed by atoms with E-state index in [1.807, 2.05) is 75.0 Å². The molecule has 6 heteroatoms. The molecular weight excluding hydrogens is 370 g/mol. The van der Waals surface area contributed by atoms with E-state index in [1.54, 1.807) is 13.2 Å². The zero-order valence-electron chi connectivity index (χ0n) is 17.1. The molecule has 3 aromatic rings. The van der Waals surface area contributed by atoms with E-state index in [9.17, 15) is 8.42 Å². The summed E-state index contributed by atoms with van der Waals surface area (Å²) in [5.41, 5.74) is 5.63. The normalized spacial score (nSPS) is 11.9. The highest BCUT2D eigenvalue weighted by atomic mass is 32.2. The summed E-state index contributed by atoms with van der Waals surface area (Å²) in [4.78, 5) is 0.421. The summed E-state index contributed by atoms with van der Waals surface area (Å²) in [6.45, 7) is 8.60. The first-order valence-corrected chi connectivity index (χ1v) is 10.7. The van der Waals surface area contributed by atoms with Crippen LogP contribution in [0.15, 0.2) is 53.7 Å². The smallest absolute Gasteiger partial charge is 0.243 e.